The molecule has 0 saturated heterocycles. The molecule has 0 spiro atoms. The average Bonchev–Trinajstić information content (AvgIpc) is 3.57. The molecule has 1 aliphatic rings. The number of rotatable bonds is 7. The van der Waals surface area contributed by atoms with Crippen LogP contribution in [0.2, 0.25) is 10.0 Å². The maximum absolute atomic E-state index is 13.1. The van der Waals surface area contributed by atoms with Gasteiger partial charge in [0.25, 0.3) is 11.5 Å². The van der Waals surface area contributed by atoms with Crippen LogP contribution >= 0.6 is 23.2 Å². The van der Waals surface area contributed by atoms with Crippen LogP contribution in [0.1, 0.15) is 47.2 Å². The zero-order valence-electron chi connectivity index (χ0n) is 19.2. The molecular weight excluding hydrogens is 489 g/mol. The van der Waals surface area contributed by atoms with Crippen molar-refractivity contribution in [2.75, 3.05) is 7.11 Å². The van der Waals surface area contributed by atoms with Gasteiger partial charge < -0.3 is 15.0 Å². The van der Waals surface area contributed by atoms with Gasteiger partial charge in [0.05, 0.1) is 22.8 Å². The summed E-state index contributed by atoms with van der Waals surface area (Å²) in [6, 6.07) is 10.9. The molecule has 0 radical (unpaired) electrons. The third-order valence-corrected chi connectivity index (χ3v) is 6.48. The number of methoxy groups -OCH3 is 1. The largest absolute Gasteiger partial charge is 0.497 e. The second-order valence-corrected chi connectivity index (χ2v) is 9.30. The summed E-state index contributed by atoms with van der Waals surface area (Å²) in [6.45, 7) is 1.91. The van der Waals surface area contributed by atoms with Gasteiger partial charge in [0, 0.05) is 18.0 Å². The van der Waals surface area contributed by atoms with E-state index in [-0.39, 0.29) is 27.6 Å². The fourth-order valence-electron chi connectivity index (χ4n) is 4.00. The quantitative estimate of drug-likeness (QED) is 0.381. The van der Waals surface area contributed by atoms with Crippen LogP contribution < -0.4 is 15.6 Å². The molecule has 1 aliphatic carbocycles. The first-order valence-electron chi connectivity index (χ1n) is 11.3. The van der Waals surface area contributed by atoms with Gasteiger partial charge >= 0.3 is 0 Å². The number of nitrogens with one attached hydrogen (secondary N) is 2. The van der Waals surface area contributed by atoms with Gasteiger partial charge in [0.15, 0.2) is 5.65 Å². The van der Waals surface area contributed by atoms with E-state index in [1.54, 1.807) is 19.2 Å². The third kappa shape index (κ3) is 4.63. The molecule has 35 heavy (non-hydrogen) atoms. The number of aryl methyl sites for hydroxylation is 1. The number of halogens is 2. The topological polar surface area (TPSA) is 102 Å². The minimum atomic E-state index is -0.288. The smallest absolute Gasteiger partial charge is 0.262 e. The first kappa shape index (κ1) is 23.4. The Kier molecular flexibility index (Phi) is 6.25. The minimum absolute atomic E-state index is 0.209. The maximum atomic E-state index is 13.1. The molecule has 5 rings (SSSR count). The van der Waals surface area contributed by atoms with E-state index < -0.39 is 0 Å². The number of hydrogen-bond acceptors (Lipinski definition) is 5. The minimum Gasteiger partial charge on any atom is -0.497 e. The summed E-state index contributed by atoms with van der Waals surface area (Å²) < 4.78 is 6.79. The number of fused-ring (bicyclic) bond motifs is 1. The molecule has 180 valence electrons. The lowest BCUT2D eigenvalue weighted by molar-refractivity contribution is 0.0951. The lowest BCUT2D eigenvalue weighted by Crippen LogP contribution is -2.25. The van der Waals surface area contributed by atoms with Crippen LogP contribution in [0, 0.1) is 0 Å². The van der Waals surface area contributed by atoms with Crippen molar-refractivity contribution < 1.29 is 9.53 Å². The first-order chi connectivity index (χ1) is 16.9. The van der Waals surface area contributed by atoms with Gasteiger partial charge in [-0.15, -0.1) is 0 Å². The van der Waals surface area contributed by atoms with Gasteiger partial charge in [-0.3, -0.25) is 9.59 Å². The summed E-state index contributed by atoms with van der Waals surface area (Å²) in [7, 11) is 1.60. The highest BCUT2D eigenvalue weighted by Gasteiger charge is 2.26. The Morgan fingerprint density at radius 2 is 1.97 bits per heavy atom. The molecule has 8 nitrogen and oxygen atoms in total. The molecule has 0 unspecified atom stereocenters. The summed E-state index contributed by atoms with van der Waals surface area (Å²) >= 11 is 13.2. The van der Waals surface area contributed by atoms with E-state index in [2.05, 4.69) is 15.4 Å². The van der Waals surface area contributed by atoms with Gasteiger partial charge in [-0.25, -0.2) is 9.67 Å². The lowest BCUT2D eigenvalue weighted by atomic mass is 10.1. The highest BCUT2D eigenvalue weighted by molar-refractivity contribution is 6.38. The predicted molar refractivity (Wildman–Crippen MR) is 135 cm³/mol. The van der Waals surface area contributed by atoms with Crippen LogP contribution in [0.25, 0.3) is 16.7 Å². The number of benzene rings is 2. The number of aromatic amines is 1. The maximum Gasteiger partial charge on any atom is 0.262 e. The number of nitrogens with zero attached hydrogens (tertiary/aromatic N) is 3. The summed E-state index contributed by atoms with van der Waals surface area (Å²) in [5.41, 5.74) is 2.30. The van der Waals surface area contributed by atoms with Crippen molar-refractivity contribution in [2.24, 2.45) is 0 Å². The second-order valence-electron chi connectivity index (χ2n) is 8.49. The average molecular weight is 512 g/mol. The Hall–Kier alpha value is -3.36. The van der Waals surface area contributed by atoms with Crippen LogP contribution in [0.3, 0.4) is 0 Å². The molecule has 0 aliphatic heterocycles. The van der Waals surface area contributed by atoms with Crippen molar-refractivity contribution in [3.63, 3.8) is 0 Å². The fraction of sp³-hybridized carbons (Fsp3) is 0.280. The number of carbonyl (C=O) groups excluding carboxylic acids is 1. The summed E-state index contributed by atoms with van der Waals surface area (Å²) in [4.78, 5) is 33.2. The summed E-state index contributed by atoms with van der Waals surface area (Å²) in [5.74, 6) is 0.957. The molecule has 1 amide bonds. The molecular formula is C25H23Cl2N5O3. The molecule has 0 atom stereocenters. The Morgan fingerprint density at radius 1 is 1.23 bits per heavy atom. The number of H-pyrrole nitrogens is 1. The van der Waals surface area contributed by atoms with E-state index in [0.717, 1.165) is 18.4 Å². The molecule has 0 bridgehead atoms. The standard InChI is InChI=1S/C25H23Cl2N5O3/c1-3-19-21-23(29-20(30-25(21)34)10-13-5-4-6-16(9-13)35-2)32(31-19)22-17(26)11-14(12-18(22)27)24(33)28-15-7-8-15/h4-6,9,11-12,15H,3,7-8,10H2,1-2H3,(H,28,33)(H,29,30,34). The molecule has 10 heteroatoms. The number of amides is 1. The second kappa shape index (κ2) is 9.36. The van der Waals surface area contributed by atoms with E-state index >= 15 is 0 Å². The first-order valence-corrected chi connectivity index (χ1v) is 12.1. The van der Waals surface area contributed by atoms with E-state index in [9.17, 15) is 9.59 Å². The van der Waals surface area contributed by atoms with Crippen LogP contribution in [-0.2, 0) is 12.8 Å². The van der Waals surface area contributed by atoms with E-state index in [4.69, 9.17) is 32.9 Å². The Morgan fingerprint density at radius 3 is 2.63 bits per heavy atom. The van der Waals surface area contributed by atoms with Crippen molar-refractivity contribution in [1.29, 1.82) is 0 Å². The lowest BCUT2D eigenvalue weighted by Gasteiger charge is -2.11. The van der Waals surface area contributed by atoms with Crippen LogP contribution in [0.15, 0.2) is 41.2 Å². The highest BCUT2D eigenvalue weighted by Crippen LogP contribution is 2.33. The molecule has 1 saturated carbocycles. The molecule has 1 fully saturated rings. The van der Waals surface area contributed by atoms with Crippen molar-refractivity contribution >= 4 is 40.1 Å². The monoisotopic (exact) mass is 511 g/mol. The normalized spacial score (nSPS) is 13.3. The van der Waals surface area contributed by atoms with Gasteiger partial charge in [-0.2, -0.15) is 5.10 Å². The molecule has 2 heterocycles. The number of aromatic nitrogens is 4. The van der Waals surface area contributed by atoms with Crippen LogP contribution in [-0.4, -0.2) is 38.8 Å². The third-order valence-electron chi connectivity index (χ3n) is 5.90. The molecule has 4 aromatic rings. The summed E-state index contributed by atoms with van der Waals surface area (Å²) in [6.07, 6.45) is 2.85. The van der Waals surface area contributed by atoms with Crippen molar-refractivity contribution in [3.05, 3.63) is 79.4 Å². The van der Waals surface area contributed by atoms with Crippen LogP contribution in [0.5, 0.6) is 5.75 Å². The van der Waals surface area contributed by atoms with Crippen molar-refractivity contribution in [1.82, 2.24) is 25.1 Å². The number of carbonyl (C=O) groups is 1. The number of hydrogen-bond donors (Lipinski definition) is 2. The van der Waals surface area contributed by atoms with E-state index in [1.807, 2.05) is 31.2 Å². The summed E-state index contributed by atoms with van der Waals surface area (Å²) in [5, 5.41) is 8.40. The van der Waals surface area contributed by atoms with Gasteiger partial charge in [-0.1, -0.05) is 42.3 Å². The van der Waals surface area contributed by atoms with Crippen LogP contribution in [0.4, 0.5) is 0 Å². The molecule has 2 aromatic carbocycles. The Balaban J connectivity index is 1.60. The zero-order valence-corrected chi connectivity index (χ0v) is 20.7. The zero-order chi connectivity index (χ0) is 24.7. The predicted octanol–water partition coefficient (Wildman–Crippen LogP) is 4.47. The van der Waals surface area contributed by atoms with Crippen molar-refractivity contribution in [2.45, 2.75) is 38.6 Å². The molecule has 2 aromatic heterocycles. The fourth-order valence-corrected chi connectivity index (χ4v) is 4.64. The SMILES string of the molecule is CCc1nn(-c2c(Cl)cc(C(=O)NC3CC3)cc2Cl)c2nc(Cc3cccc(OC)c3)[nH]c(=O)c12. The number of ether oxygens (including phenoxy) is 1. The highest BCUT2D eigenvalue weighted by atomic mass is 35.5. The van der Waals surface area contributed by atoms with E-state index in [0.29, 0.717) is 52.4 Å². The van der Waals surface area contributed by atoms with E-state index in [1.165, 1.54) is 4.68 Å². The Labute approximate surface area is 211 Å². The van der Waals surface area contributed by atoms with Gasteiger partial charge in [0.1, 0.15) is 22.6 Å². The molecule has 2 N–H and O–H groups in total. The van der Waals surface area contributed by atoms with Gasteiger partial charge in [0.2, 0.25) is 0 Å². The van der Waals surface area contributed by atoms with Gasteiger partial charge in [-0.05, 0) is 49.1 Å². The Bertz CT molecular complexity index is 1480. The van der Waals surface area contributed by atoms with Crippen molar-refractivity contribution in [3.8, 4) is 11.4 Å².